The van der Waals surface area contributed by atoms with E-state index in [-0.39, 0.29) is 0 Å². The number of nitrogens with zero attached hydrogens (tertiary/aromatic N) is 5. The lowest BCUT2D eigenvalue weighted by Gasteiger charge is -2.27. The number of nitrogens with one attached hydrogen (secondary N) is 1. The van der Waals surface area contributed by atoms with Crippen LogP contribution in [0.5, 0.6) is 0 Å². The molecule has 130 valence electrons. The lowest BCUT2D eigenvalue weighted by molar-refractivity contribution is 0.183. The summed E-state index contributed by atoms with van der Waals surface area (Å²) in [5, 5.41) is 22.5. The number of hydrogen-bond donors (Lipinski definition) is 2. The van der Waals surface area contributed by atoms with Gasteiger partial charge in [-0.1, -0.05) is 0 Å². The third-order valence-corrected chi connectivity index (χ3v) is 5.06. The number of imidazole rings is 1. The molecule has 1 aliphatic heterocycles. The van der Waals surface area contributed by atoms with Gasteiger partial charge in [-0.15, -0.1) is 0 Å². The van der Waals surface area contributed by atoms with Crippen molar-refractivity contribution in [2.45, 2.75) is 38.7 Å². The van der Waals surface area contributed by atoms with Gasteiger partial charge in [0.1, 0.15) is 22.8 Å². The molecule has 25 heavy (non-hydrogen) atoms. The SMILES string of the molecule is C[C@@H](O)c1nc2cnc3[nH]ccc3c2n1N1CCCC(CC#N)CC1. The van der Waals surface area contributed by atoms with Crippen LogP contribution in [0.25, 0.3) is 22.1 Å². The summed E-state index contributed by atoms with van der Waals surface area (Å²) in [4.78, 5) is 12.2. The first-order valence-electron chi connectivity index (χ1n) is 8.83. The number of rotatable bonds is 3. The van der Waals surface area contributed by atoms with Crippen LogP contribution in [0, 0.1) is 17.2 Å². The van der Waals surface area contributed by atoms with Gasteiger partial charge < -0.3 is 15.1 Å². The zero-order valence-corrected chi connectivity index (χ0v) is 14.3. The van der Waals surface area contributed by atoms with Crippen molar-refractivity contribution in [2.24, 2.45) is 5.92 Å². The molecule has 4 rings (SSSR count). The molecule has 7 nitrogen and oxygen atoms in total. The smallest absolute Gasteiger partial charge is 0.157 e. The summed E-state index contributed by atoms with van der Waals surface area (Å²) < 4.78 is 2.08. The van der Waals surface area contributed by atoms with Gasteiger partial charge in [-0.25, -0.2) is 14.6 Å². The Morgan fingerprint density at radius 3 is 3.12 bits per heavy atom. The van der Waals surface area contributed by atoms with Crippen molar-refractivity contribution in [2.75, 3.05) is 18.1 Å². The summed E-state index contributed by atoms with van der Waals surface area (Å²) in [5.74, 6) is 1.10. The molecule has 0 spiro atoms. The highest BCUT2D eigenvalue weighted by atomic mass is 16.3. The molecule has 1 unspecified atom stereocenters. The highest BCUT2D eigenvalue weighted by Crippen LogP contribution is 2.29. The molecule has 0 aromatic carbocycles. The Kier molecular flexibility index (Phi) is 4.06. The van der Waals surface area contributed by atoms with Crippen molar-refractivity contribution in [3.63, 3.8) is 0 Å². The van der Waals surface area contributed by atoms with Gasteiger partial charge >= 0.3 is 0 Å². The van der Waals surface area contributed by atoms with E-state index in [2.05, 4.69) is 30.7 Å². The zero-order chi connectivity index (χ0) is 17.4. The van der Waals surface area contributed by atoms with Gasteiger partial charge in [0.15, 0.2) is 5.82 Å². The largest absolute Gasteiger partial charge is 0.385 e. The number of fused-ring (bicyclic) bond motifs is 3. The minimum absolute atomic E-state index is 0.453. The summed E-state index contributed by atoms with van der Waals surface area (Å²) in [5.41, 5.74) is 2.60. The molecule has 0 bridgehead atoms. The maximum atomic E-state index is 10.3. The van der Waals surface area contributed by atoms with Crippen LogP contribution in [0.15, 0.2) is 18.5 Å². The molecule has 1 fully saturated rings. The Morgan fingerprint density at radius 1 is 1.44 bits per heavy atom. The number of aromatic amines is 1. The summed E-state index contributed by atoms with van der Waals surface area (Å²) >= 11 is 0. The van der Waals surface area contributed by atoms with Crippen molar-refractivity contribution < 1.29 is 5.11 Å². The monoisotopic (exact) mass is 338 g/mol. The lowest BCUT2D eigenvalue weighted by atomic mass is 9.98. The fraction of sp³-hybridized carbons (Fsp3) is 0.500. The van der Waals surface area contributed by atoms with E-state index in [9.17, 15) is 5.11 Å². The van der Waals surface area contributed by atoms with Crippen molar-refractivity contribution in [1.29, 1.82) is 5.26 Å². The van der Waals surface area contributed by atoms with Gasteiger partial charge in [0.25, 0.3) is 0 Å². The van der Waals surface area contributed by atoms with Crippen molar-refractivity contribution >= 4 is 22.1 Å². The summed E-state index contributed by atoms with van der Waals surface area (Å²) in [6.07, 6.45) is 6.67. The molecular weight excluding hydrogens is 316 g/mol. The molecule has 3 aromatic rings. The van der Waals surface area contributed by atoms with E-state index >= 15 is 0 Å². The summed E-state index contributed by atoms with van der Waals surface area (Å²) in [6, 6.07) is 4.31. The normalized spacial score (nSPS) is 19.9. The Hall–Kier alpha value is -2.59. The Bertz CT molecular complexity index is 934. The zero-order valence-electron chi connectivity index (χ0n) is 14.3. The fourth-order valence-corrected chi connectivity index (χ4v) is 3.81. The van der Waals surface area contributed by atoms with Crippen LogP contribution in [0.3, 0.4) is 0 Å². The minimum atomic E-state index is -0.667. The van der Waals surface area contributed by atoms with Crippen LogP contribution in [0.2, 0.25) is 0 Å². The first-order chi connectivity index (χ1) is 12.2. The quantitative estimate of drug-likeness (QED) is 0.765. The van der Waals surface area contributed by atoms with Gasteiger partial charge in [-0.05, 0) is 38.2 Å². The molecule has 0 amide bonds. The first kappa shape index (κ1) is 15.9. The fourth-order valence-electron chi connectivity index (χ4n) is 3.81. The van der Waals surface area contributed by atoms with Gasteiger partial charge in [-0.3, -0.25) is 0 Å². The third-order valence-electron chi connectivity index (χ3n) is 5.06. The van der Waals surface area contributed by atoms with Crippen LogP contribution in [0.4, 0.5) is 0 Å². The summed E-state index contributed by atoms with van der Waals surface area (Å²) in [6.45, 7) is 3.49. The number of nitriles is 1. The van der Waals surface area contributed by atoms with Crippen LogP contribution in [-0.4, -0.2) is 37.8 Å². The number of aliphatic hydroxyl groups excluding tert-OH is 1. The average Bonchev–Trinajstić information content (AvgIpc) is 3.15. The van der Waals surface area contributed by atoms with Crippen molar-refractivity contribution in [1.82, 2.24) is 19.6 Å². The minimum Gasteiger partial charge on any atom is -0.385 e. The number of hydrogen-bond acceptors (Lipinski definition) is 5. The van der Waals surface area contributed by atoms with Gasteiger partial charge in [0, 0.05) is 31.1 Å². The number of H-pyrrole nitrogens is 1. The van der Waals surface area contributed by atoms with Crippen molar-refractivity contribution in [3.05, 3.63) is 24.3 Å². The second kappa shape index (κ2) is 6.37. The predicted molar refractivity (Wildman–Crippen MR) is 95.5 cm³/mol. The highest BCUT2D eigenvalue weighted by molar-refractivity contribution is 6.01. The maximum absolute atomic E-state index is 10.3. The molecule has 0 radical (unpaired) electrons. The molecule has 2 atom stereocenters. The molecule has 3 aromatic heterocycles. The van der Waals surface area contributed by atoms with Crippen molar-refractivity contribution in [3.8, 4) is 6.07 Å². The molecule has 4 heterocycles. The number of pyridine rings is 1. The second-order valence-corrected chi connectivity index (χ2v) is 6.80. The number of aliphatic hydroxyl groups is 1. The molecule has 1 saturated heterocycles. The maximum Gasteiger partial charge on any atom is 0.157 e. The van der Waals surface area contributed by atoms with E-state index in [0.29, 0.717) is 18.2 Å². The molecular formula is C18H22N6O. The van der Waals surface area contributed by atoms with E-state index in [1.807, 2.05) is 12.3 Å². The standard InChI is InChI=1S/C18H22N6O/c1-12(25)18-22-15-11-21-17-14(5-8-20-17)16(15)24(18)23-9-2-3-13(4-7-19)6-10-23/h5,8,11-13,25H,2-4,6,9-10H2,1H3,(H,20,21)/t12-,13?/m1/s1. The molecule has 2 N–H and O–H groups in total. The van der Waals surface area contributed by atoms with E-state index in [1.165, 1.54) is 0 Å². The predicted octanol–water partition coefficient (Wildman–Crippen LogP) is 2.62. The third kappa shape index (κ3) is 2.72. The lowest BCUT2D eigenvalue weighted by Crippen LogP contribution is -2.37. The molecule has 0 saturated carbocycles. The molecule has 0 aliphatic carbocycles. The van der Waals surface area contributed by atoms with E-state index in [4.69, 9.17) is 5.26 Å². The molecule has 7 heteroatoms. The van der Waals surface area contributed by atoms with Gasteiger partial charge in [0.05, 0.1) is 12.3 Å². The Labute approximate surface area is 145 Å². The topological polar surface area (TPSA) is 93.8 Å². The van der Waals surface area contributed by atoms with E-state index in [1.54, 1.807) is 13.1 Å². The number of aromatic nitrogens is 4. The van der Waals surface area contributed by atoms with Gasteiger partial charge in [0.2, 0.25) is 0 Å². The Morgan fingerprint density at radius 2 is 2.32 bits per heavy atom. The second-order valence-electron chi connectivity index (χ2n) is 6.80. The van der Waals surface area contributed by atoms with E-state index < -0.39 is 6.10 Å². The average molecular weight is 338 g/mol. The Balaban J connectivity index is 1.83. The highest BCUT2D eigenvalue weighted by Gasteiger charge is 2.24. The van der Waals surface area contributed by atoms with Crippen LogP contribution in [0.1, 0.15) is 44.5 Å². The first-order valence-corrected chi connectivity index (χ1v) is 8.83. The molecule has 1 aliphatic rings. The summed E-state index contributed by atoms with van der Waals surface area (Å²) in [7, 11) is 0. The van der Waals surface area contributed by atoms with Crippen LogP contribution >= 0.6 is 0 Å². The van der Waals surface area contributed by atoms with Crippen LogP contribution < -0.4 is 5.01 Å². The van der Waals surface area contributed by atoms with Crippen LogP contribution in [-0.2, 0) is 0 Å². The van der Waals surface area contributed by atoms with Gasteiger partial charge in [-0.2, -0.15) is 5.26 Å². The van der Waals surface area contributed by atoms with E-state index in [0.717, 1.165) is 54.4 Å².